The molecule has 0 amide bonds. The Kier molecular flexibility index (Phi) is 5.10. The predicted octanol–water partition coefficient (Wildman–Crippen LogP) is 4.13. The summed E-state index contributed by atoms with van der Waals surface area (Å²) in [6, 6.07) is 5.95. The number of halogens is 2. The number of hydrogen-bond acceptors (Lipinski definition) is 2. The van der Waals surface area contributed by atoms with Crippen molar-refractivity contribution in [3.05, 3.63) is 45.6 Å². The van der Waals surface area contributed by atoms with Crippen LogP contribution in [-0.2, 0) is 6.42 Å². The maximum absolute atomic E-state index is 6.33. The molecule has 0 saturated carbocycles. The zero-order valence-electron chi connectivity index (χ0n) is 12.2. The van der Waals surface area contributed by atoms with Crippen molar-refractivity contribution in [1.29, 1.82) is 0 Å². The molecule has 3 rings (SSSR count). The Labute approximate surface area is 137 Å². The normalized spacial score (nSPS) is 23.0. The van der Waals surface area contributed by atoms with Crippen molar-refractivity contribution >= 4 is 23.2 Å². The van der Waals surface area contributed by atoms with Gasteiger partial charge in [-0.2, -0.15) is 0 Å². The van der Waals surface area contributed by atoms with E-state index < -0.39 is 0 Å². The van der Waals surface area contributed by atoms with E-state index in [4.69, 9.17) is 23.2 Å². The highest BCUT2D eigenvalue weighted by atomic mass is 35.5. The highest BCUT2D eigenvalue weighted by Gasteiger charge is 2.20. The summed E-state index contributed by atoms with van der Waals surface area (Å²) in [7, 11) is 0. The zero-order chi connectivity index (χ0) is 14.7. The lowest BCUT2D eigenvalue weighted by molar-refractivity contribution is 0.277. The second-order valence-corrected chi connectivity index (χ2v) is 6.75. The average Bonchev–Trinajstić information content (AvgIpc) is 2.53. The van der Waals surface area contributed by atoms with Crippen LogP contribution in [0.3, 0.4) is 0 Å². The van der Waals surface area contributed by atoms with E-state index in [0.29, 0.717) is 10.9 Å². The maximum Gasteiger partial charge on any atom is 0.0624 e. The highest BCUT2D eigenvalue weighted by molar-refractivity contribution is 6.42. The average molecular weight is 325 g/mol. The summed E-state index contributed by atoms with van der Waals surface area (Å²) in [6.45, 7) is 4.47. The standard InChI is InChI=1S/C17H22Cl2N2/c18-16-6-2-4-14(17(16)19)11-13-3-1-5-15(12-13)21-9-7-20-8-10-21/h2,4,6,12-13,20H,1,3,5,7-11H2. The van der Waals surface area contributed by atoms with Gasteiger partial charge in [-0.15, -0.1) is 0 Å². The van der Waals surface area contributed by atoms with E-state index in [1.165, 1.54) is 30.5 Å². The van der Waals surface area contributed by atoms with Gasteiger partial charge in [0.1, 0.15) is 0 Å². The molecule has 1 unspecified atom stereocenters. The fourth-order valence-corrected chi connectivity index (χ4v) is 3.75. The van der Waals surface area contributed by atoms with Crippen LogP contribution in [0.1, 0.15) is 24.8 Å². The lowest BCUT2D eigenvalue weighted by Gasteiger charge is -2.34. The minimum atomic E-state index is 0.583. The second kappa shape index (κ2) is 7.04. The Morgan fingerprint density at radius 1 is 1.19 bits per heavy atom. The number of nitrogens with zero attached hydrogens (tertiary/aromatic N) is 1. The fourth-order valence-electron chi connectivity index (χ4n) is 3.35. The van der Waals surface area contributed by atoms with Gasteiger partial charge in [0, 0.05) is 31.9 Å². The van der Waals surface area contributed by atoms with Crippen LogP contribution in [0.25, 0.3) is 0 Å². The molecule has 1 aliphatic heterocycles. The second-order valence-electron chi connectivity index (χ2n) is 5.96. The van der Waals surface area contributed by atoms with Crippen molar-refractivity contribution < 1.29 is 0 Å². The van der Waals surface area contributed by atoms with Crippen molar-refractivity contribution in [3.8, 4) is 0 Å². The molecule has 1 saturated heterocycles. The minimum Gasteiger partial charge on any atom is -0.373 e. The van der Waals surface area contributed by atoms with Crippen LogP contribution in [0.2, 0.25) is 10.0 Å². The van der Waals surface area contributed by atoms with Gasteiger partial charge in [0.05, 0.1) is 10.0 Å². The summed E-state index contributed by atoms with van der Waals surface area (Å²) in [5.41, 5.74) is 2.71. The van der Waals surface area contributed by atoms with Crippen LogP contribution in [0, 0.1) is 5.92 Å². The topological polar surface area (TPSA) is 15.3 Å². The van der Waals surface area contributed by atoms with Gasteiger partial charge in [-0.05, 0) is 43.2 Å². The lowest BCUT2D eigenvalue weighted by atomic mass is 9.88. The highest BCUT2D eigenvalue weighted by Crippen LogP contribution is 2.32. The summed E-state index contributed by atoms with van der Waals surface area (Å²) in [4.78, 5) is 2.54. The van der Waals surface area contributed by atoms with Crippen LogP contribution < -0.4 is 5.32 Å². The molecule has 1 aromatic rings. The minimum absolute atomic E-state index is 0.583. The van der Waals surface area contributed by atoms with Gasteiger partial charge < -0.3 is 10.2 Å². The first kappa shape index (κ1) is 15.2. The number of piperazine rings is 1. The van der Waals surface area contributed by atoms with Crippen LogP contribution in [0.15, 0.2) is 30.0 Å². The zero-order valence-corrected chi connectivity index (χ0v) is 13.8. The Hall–Kier alpha value is -0.700. The Balaban J connectivity index is 1.71. The van der Waals surface area contributed by atoms with E-state index in [9.17, 15) is 0 Å². The van der Waals surface area contributed by atoms with Crippen LogP contribution in [0.5, 0.6) is 0 Å². The molecule has 1 aliphatic carbocycles. The van der Waals surface area contributed by atoms with Gasteiger partial charge >= 0.3 is 0 Å². The third kappa shape index (κ3) is 3.74. The molecule has 1 fully saturated rings. The first-order chi connectivity index (χ1) is 10.2. The van der Waals surface area contributed by atoms with Gasteiger partial charge in [0.25, 0.3) is 0 Å². The van der Waals surface area contributed by atoms with E-state index in [-0.39, 0.29) is 0 Å². The molecule has 1 N–H and O–H groups in total. The van der Waals surface area contributed by atoms with Gasteiger partial charge in [-0.25, -0.2) is 0 Å². The van der Waals surface area contributed by atoms with E-state index in [0.717, 1.165) is 37.6 Å². The quantitative estimate of drug-likeness (QED) is 0.899. The largest absolute Gasteiger partial charge is 0.373 e. The summed E-state index contributed by atoms with van der Waals surface area (Å²) >= 11 is 12.4. The molecule has 0 bridgehead atoms. The molecule has 114 valence electrons. The van der Waals surface area contributed by atoms with Crippen molar-refractivity contribution in [2.75, 3.05) is 26.2 Å². The van der Waals surface area contributed by atoms with Gasteiger partial charge in [-0.3, -0.25) is 0 Å². The summed E-state index contributed by atoms with van der Waals surface area (Å²) in [5, 5.41) is 4.80. The smallest absolute Gasteiger partial charge is 0.0624 e. The molecule has 1 heterocycles. The first-order valence-corrected chi connectivity index (χ1v) is 8.59. The number of hydrogen-bond donors (Lipinski definition) is 1. The number of benzene rings is 1. The van der Waals surface area contributed by atoms with Crippen LogP contribution in [0.4, 0.5) is 0 Å². The molecule has 0 spiro atoms. The number of allylic oxidation sites excluding steroid dienone is 2. The summed E-state index contributed by atoms with van der Waals surface area (Å²) in [5.74, 6) is 0.583. The third-order valence-corrected chi connectivity index (χ3v) is 5.33. The van der Waals surface area contributed by atoms with Crippen molar-refractivity contribution in [1.82, 2.24) is 10.2 Å². The van der Waals surface area contributed by atoms with Crippen LogP contribution >= 0.6 is 23.2 Å². The Bertz CT molecular complexity index is 522. The maximum atomic E-state index is 6.33. The molecule has 0 aromatic heterocycles. The SMILES string of the molecule is Clc1cccc(CC2C=C(N3CCNCC3)CCC2)c1Cl. The molecule has 1 atom stereocenters. The van der Waals surface area contributed by atoms with E-state index in [1.807, 2.05) is 12.1 Å². The van der Waals surface area contributed by atoms with Crippen molar-refractivity contribution in [3.63, 3.8) is 0 Å². The summed E-state index contributed by atoms with van der Waals surface area (Å²) < 4.78 is 0. The van der Waals surface area contributed by atoms with Gasteiger partial charge in [0.15, 0.2) is 0 Å². The molecule has 2 nitrogen and oxygen atoms in total. The first-order valence-electron chi connectivity index (χ1n) is 7.83. The molecule has 21 heavy (non-hydrogen) atoms. The Morgan fingerprint density at radius 2 is 2.00 bits per heavy atom. The molecule has 0 radical (unpaired) electrons. The molecular formula is C17H22Cl2N2. The van der Waals surface area contributed by atoms with Crippen molar-refractivity contribution in [2.24, 2.45) is 5.92 Å². The van der Waals surface area contributed by atoms with E-state index >= 15 is 0 Å². The summed E-state index contributed by atoms with van der Waals surface area (Å²) in [6.07, 6.45) is 7.22. The molecular weight excluding hydrogens is 303 g/mol. The van der Waals surface area contributed by atoms with Crippen LogP contribution in [-0.4, -0.2) is 31.1 Å². The Morgan fingerprint density at radius 3 is 2.81 bits per heavy atom. The fraction of sp³-hybridized carbons (Fsp3) is 0.529. The molecule has 4 heteroatoms. The predicted molar refractivity (Wildman–Crippen MR) is 90.0 cm³/mol. The molecule has 2 aliphatic rings. The van der Waals surface area contributed by atoms with E-state index in [1.54, 1.807) is 0 Å². The molecule has 1 aromatic carbocycles. The third-order valence-electron chi connectivity index (χ3n) is 4.47. The monoisotopic (exact) mass is 324 g/mol. The van der Waals surface area contributed by atoms with Gasteiger partial charge in [-0.1, -0.05) is 41.4 Å². The van der Waals surface area contributed by atoms with E-state index in [2.05, 4.69) is 22.4 Å². The lowest BCUT2D eigenvalue weighted by Crippen LogP contribution is -2.43. The van der Waals surface area contributed by atoms with Gasteiger partial charge in [0.2, 0.25) is 0 Å². The number of nitrogens with one attached hydrogen (secondary N) is 1. The number of rotatable bonds is 3. The van der Waals surface area contributed by atoms with Crippen molar-refractivity contribution in [2.45, 2.75) is 25.7 Å².